The molecule has 188 valence electrons. The molecule has 0 spiro atoms. The van der Waals surface area contributed by atoms with Gasteiger partial charge in [0.2, 0.25) is 0 Å². The van der Waals surface area contributed by atoms with E-state index in [1.54, 1.807) is 71.9 Å². The Balaban J connectivity index is 1.65. The minimum atomic E-state index is -3.15. The van der Waals surface area contributed by atoms with Crippen molar-refractivity contribution in [3.05, 3.63) is 93.0 Å². The van der Waals surface area contributed by atoms with E-state index in [2.05, 4.69) is 5.32 Å². The Kier molecular flexibility index (Phi) is 5.96. The summed E-state index contributed by atoms with van der Waals surface area (Å²) in [5.41, 5.74) is 4.53. The van der Waals surface area contributed by atoms with Crippen molar-refractivity contribution in [2.45, 2.75) is 39.0 Å². The van der Waals surface area contributed by atoms with Crippen LogP contribution in [0.15, 0.2) is 53.6 Å². The highest BCUT2D eigenvalue weighted by Gasteiger charge is 2.29. The van der Waals surface area contributed by atoms with Gasteiger partial charge in [0.15, 0.2) is 9.84 Å². The Labute approximate surface area is 208 Å². The molecule has 0 amide bonds. The van der Waals surface area contributed by atoms with Crippen LogP contribution >= 0.6 is 0 Å². The second kappa shape index (κ2) is 8.86. The highest BCUT2D eigenvalue weighted by atomic mass is 32.2. The predicted octanol–water partition coefficient (Wildman–Crippen LogP) is 3.32. The van der Waals surface area contributed by atoms with Gasteiger partial charge in [-0.15, -0.1) is 0 Å². The number of hydrogen-bond acceptors (Lipinski definition) is 5. The molecule has 0 saturated heterocycles. The van der Waals surface area contributed by atoms with Gasteiger partial charge in [-0.05, 0) is 61.7 Å². The lowest BCUT2D eigenvalue weighted by molar-refractivity contribution is 0.536. The molecule has 0 radical (unpaired) electrons. The monoisotopic (exact) mass is 509 g/mol. The minimum Gasteiger partial charge on any atom is -0.310 e. The highest BCUT2D eigenvalue weighted by molar-refractivity contribution is 7.89. The van der Waals surface area contributed by atoms with E-state index >= 15 is 0 Å². The molecule has 1 unspecified atom stereocenters. The number of benzene rings is 2. The zero-order chi connectivity index (χ0) is 25.8. The molecule has 8 nitrogen and oxygen atoms in total. The van der Waals surface area contributed by atoms with Crippen LogP contribution in [0, 0.1) is 19.7 Å². The minimum absolute atomic E-state index is 0.0225. The van der Waals surface area contributed by atoms with E-state index in [1.165, 1.54) is 10.8 Å². The number of imidazole rings is 1. The van der Waals surface area contributed by atoms with E-state index in [4.69, 9.17) is 5.10 Å². The van der Waals surface area contributed by atoms with Crippen LogP contribution in [0.4, 0.5) is 4.39 Å². The van der Waals surface area contributed by atoms with Gasteiger partial charge in [-0.1, -0.05) is 12.1 Å². The number of hydrogen-bond donors (Lipinski definition) is 1. The lowest BCUT2D eigenvalue weighted by Crippen LogP contribution is -2.30. The molecule has 5 rings (SSSR count). The molecule has 10 heteroatoms. The largest absolute Gasteiger partial charge is 0.338 e. The van der Waals surface area contributed by atoms with Gasteiger partial charge in [0.05, 0.1) is 22.8 Å². The van der Waals surface area contributed by atoms with Crippen LogP contribution in [0.3, 0.4) is 0 Å². The van der Waals surface area contributed by atoms with Crippen molar-refractivity contribution in [2.24, 2.45) is 0 Å². The van der Waals surface area contributed by atoms with Gasteiger partial charge in [-0.2, -0.15) is 5.10 Å². The first-order valence-electron chi connectivity index (χ1n) is 11.7. The molecule has 2 aromatic heterocycles. The van der Waals surface area contributed by atoms with E-state index in [0.717, 1.165) is 24.2 Å². The van der Waals surface area contributed by atoms with Crippen molar-refractivity contribution in [2.75, 3.05) is 12.8 Å². The summed E-state index contributed by atoms with van der Waals surface area (Å²) in [6.07, 6.45) is 5.29. The molecular formula is C26H28FN5O3S. The third-order valence-corrected chi connectivity index (χ3v) is 7.39. The lowest BCUT2D eigenvalue weighted by Gasteiger charge is -2.21. The maximum absolute atomic E-state index is 14.4. The van der Waals surface area contributed by atoms with Crippen LogP contribution in [0.2, 0.25) is 0 Å². The smallest absolute Gasteiger partial charge is 0.310 e. The molecule has 0 bridgehead atoms. The first-order valence-corrected chi connectivity index (χ1v) is 13.8. The normalized spacial score (nSPS) is 15.8. The predicted molar refractivity (Wildman–Crippen MR) is 137 cm³/mol. The second-order valence-electron chi connectivity index (χ2n) is 9.47. The summed E-state index contributed by atoms with van der Waals surface area (Å²) in [7, 11) is -3.15. The molecular weight excluding hydrogens is 481 g/mol. The van der Waals surface area contributed by atoms with E-state index in [-0.39, 0.29) is 23.3 Å². The Morgan fingerprint density at radius 2 is 1.69 bits per heavy atom. The Hall–Kier alpha value is -3.50. The molecule has 2 aromatic carbocycles. The summed E-state index contributed by atoms with van der Waals surface area (Å²) in [6, 6.07) is 10.3. The van der Waals surface area contributed by atoms with Crippen molar-refractivity contribution >= 4 is 9.84 Å². The quantitative estimate of drug-likeness (QED) is 0.446. The standard InChI is InChI=1S/C26H28FN5O3S/c1-16-13-21(14-17(2)24(16)27)32-25(23-18(3)28-10-9-22(23)29-32)31-12-11-30(26(31)33)20-7-5-19(6-8-20)15-36(4,34)35/h5-8,11-14,18,28H,9-10,15H2,1-4H3. The number of halogens is 1. The van der Waals surface area contributed by atoms with E-state index in [9.17, 15) is 17.6 Å². The molecule has 1 aliphatic rings. The van der Waals surface area contributed by atoms with Gasteiger partial charge in [0, 0.05) is 43.2 Å². The second-order valence-corrected chi connectivity index (χ2v) is 11.6. The maximum atomic E-state index is 14.4. The van der Waals surface area contributed by atoms with Crippen molar-refractivity contribution in [1.82, 2.24) is 24.2 Å². The summed E-state index contributed by atoms with van der Waals surface area (Å²) >= 11 is 0. The van der Waals surface area contributed by atoms with Crippen molar-refractivity contribution < 1.29 is 12.8 Å². The van der Waals surface area contributed by atoms with Crippen LogP contribution in [0.5, 0.6) is 0 Å². The number of nitrogens with one attached hydrogen (secondary N) is 1. The summed E-state index contributed by atoms with van der Waals surface area (Å²) in [6.45, 7) is 6.25. The maximum Gasteiger partial charge on any atom is 0.338 e. The average Bonchev–Trinajstić information content (AvgIpc) is 3.38. The molecule has 0 saturated carbocycles. The lowest BCUT2D eigenvalue weighted by atomic mass is 10.0. The Bertz CT molecular complexity index is 1610. The first-order chi connectivity index (χ1) is 17.0. The van der Waals surface area contributed by atoms with Gasteiger partial charge in [-0.25, -0.2) is 22.3 Å². The van der Waals surface area contributed by atoms with Crippen LogP contribution in [0.1, 0.15) is 40.9 Å². The van der Waals surface area contributed by atoms with Gasteiger partial charge in [0.1, 0.15) is 11.6 Å². The number of fused-ring (bicyclic) bond motifs is 1. The number of nitrogens with zero attached hydrogens (tertiary/aromatic N) is 4. The zero-order valence-corrected chi connectivity index (χ0v) is 21.4. The van der Waals surface area contributed by atoms with Crippen molar-refractivity contribution in [3.8, 4) is 17.2 Å². The molecule has 3 heterocycles. The van der Waals surface area contributed by atoms with E-state index in [0.29, 0.717) is 33.9 Å². The fraction of sp³-hybridized carbons (Fsp3) is 0.308. The summed E-state index contributed by atoms with van der Waals surface area (Å²) in [4.78, 5) is 13.7. The van der Waals surface area contributed by atoms with Gasteiger partial charge >= 0.3 is 5.69 Å². The molecule has 36 heavy (non-hydrogen) atoms. The molecule has 1 atom stereocenters. The molecule has 1 N–H and O–H groups in total. The molecule has 0 aliphatic carbocycles. The van der Waals surface area contributed by atoms with E-state index in [1.807, 2.05) is 6.92 Å². The summed E-state index contributed by atoms with van der Waals surface area (Å²) in [5, 5.41) is 8.30. The molecule has 1 aliphatic heterocycles. The van der Waals surface area contributed by atoms with E-state index < -0.39 is 9.84 Å². The van der Waals surface area contributed by atoms with Crippen molar-refractivity contribution in [1.29, 1.82) is 0 Å². The fourth-order valence-electron chi connectivity index (χ4n) is 4.85. The number of rotatable bonds is 5. The van der Waals surface area contributed by atoms with Gasteiger partial charge in [0.25, 0.3) is 0 Å². The van der Waals surface area contributed by atoms with Crippen LogP contribution < -0.4 is 11.0 Å². The SMILES string of the molecule is Cc1cc(-n2nc3c(c2-n2ccn(-c4ccc(CS(C)(=O)=O)cc4)c2=O)C(C)NCC3)cc(C)c1F. The zero-order valence-electron chi connectivity index (χ0n) is 20.6. The van der Waals surface area contributed by atoms with Crippen molar-refractivity contribution in [3.63, 3.8) is 0 Å². The number of aryl methyl sites for hydroxylation is 2. The summed E-state index contributed by atoms with van der Waals surface area (Å²) in [5.74, 6) is 0.304. The van der Waals surface area contributed by atoms with Gasteiger partial charge in [-0.3, -0.25) is 9.13 Å². The fourth-order valence-corrected chi connectivity index (χ4v) is 5.65. The highest BCUT2D eigenvalue weighted by Crippen LogP contribution is 2.31. The average molecular weight is 510 g/mol. The van der Waals surface area contributed by atoms with Gasteiger partial charge < -0.3 is 5.32 Å². The van der Waals surface area contributed by atoms with Crippen LogP contribution in [-0.2, 0) is 22.0 Å². The third-order valence-electron chi connectivity index (χ3n) is 6.53. The third kappa shape index (κ3) is 4.31. The van der Waals surface area contributed by atoms with Crippen LogP contribution in [0.25, 0.3) is 17.2 Å². The topological polar surface area (TPSA) is 90.9 Å². The molecule has 0 fully saturated rings. The number of sulfone groups is 1. The Morgan fingerprint density at radius 1 is 1.06 bits per heavy atom. The van der Waals surface area contributed by atoms with Crippen LogP contribution in [-0.4, -0.2) is 40.1 Å². The number of aromatic nitrogens is 4. The summed E-state index contributed by atoms with van der Waals surface area (Å²) < 4.78 is 42.4. The first kappa shape index (κ1) is 24.2. The Morgan fingerprint density at radius 3 is 2.33 bits per heavy atom. The molecule has 4 aromatic rings.